The molecule has 2 aliphatic carbocycles. The van der Waals surface area contributed by atoms with Gasteiger partial charge in [-0.15, -0.1) is 0 Å². The monoisotopic (exact) mass is 264 g/mol. The van der Waals surface area contributed by atoms with Crippen molar-refractivity contribution >= 4 is 5.97 Å². The molecule has 0 aromatic rings. The summed E-state index contributed by atoms with van der Waals surface area (Å²) in [5.41, 5.74) is 0.528. The highest BCUT2D eigenvalue weighted by Crippen LogP contribution is 2.51. The highest BCUT2D eigenvalue weighted by molar-refractivity contribution is 5.91. The summed E-state index contributed by atoms with van der Waals surface area (Å²) in [5.74, 6) is -0.819. The fraction of sp³-hybridized carbons (Fsp3) is 0.667. The van der Waals surface area contributed by atoms with E-state index in [0.29, 0.717) is 5.57 Å². The van der Waals surface area contributed by atoms with Crippen molar-refractivity contribution in [3.05, 3.63) is 23.8 Å². The summed E-state index contributed by atoms with van der Waals surface area (Å²) in [4.78, 5) is 11.7. The van der Waals surface area contributed by atoms with Gasteiger partial charge in [-0.05, 0) is 20.3 Å². The number of allylic oxidation sites excluding steroid dienone is 1. The zero-order valence-electron chi connectivity index (χ0n) is 11.3. The maximum atomic E-state index is 11.7. The van der Waals surface area contributed by atoms with Crippen LogP contribution in [0.1, 0.15) is 26.7 Å². The van der Waals surface area contributed by atoms with E-state index in [4.69, 9.17) is 4.74 Å². The predicted octanol–water partition coefficient (Wildman–Crippen LogP) is 1.18. The van der Waals surface area contributed by atoms with Gasteiger partial charge in [-0.3, -0.25) is 0 Å². The molecule has 104 valence electrons. The molecular weight excluding hydrogens is 244 g/mol. The fourth-order valence-corrected chi connectivity index (χ4v) is 4.10. The van der Waals surface area contributed by atoms with Gasteiger partial charge >= 0.3 is 5.97 Å². The standard InChI is InChI=1S/C15H20O4/c1-7-4-5-9-11(7)13-12(8(2)14(17)19-13)10(16)6-15(9,3)18/h4,9-13,16,18H,2,5-6H2,1,3H3/t9-,10+,11?,12-,13-,15-/m1/s1. The first-order valence-corrected chi connectivity index (χ1v) is 6.80. The first kappa shape index (κ1) is 12.9. The number of aliphatic hydroxyl groups excluding tert-OH is 1. The van der Waals surface area contributed by atoms with Crippen molar-refractivity contribution in [1.29, 1.82) is 0 Å². The van der Waals surface area contributed by atoms with E-state index >= 15 is 0 Å². The van der Waals surface area contributed by atoms with Crippen LogP contribution in [-0.2, 0) is 9.53 Å². The van der Waals surface area contributed by atoms with Crippen LogP contribution in [0.15, 0.2) is 23.8 Å². The minimum Gasteiger partial charge on any atom is -0.458 e. The van der Waals surface area contributed by atoms with E-state index < -0.39 is 23.6 Å². The second-order valence-electron chi connectivity index (χ2n) is 6.37. The Kier molecular flexibility index (Phi) is 2.67. The first-order valence-electron chi connectivity index (χ1n) is 6.80. The molecule has 6 atom stereocenters. The molecule has 19 heavy (non-hydrogen) atoms. The number of fused-ring (bicyclic) bond motifs is 3. The molecule has 4 nitrogen and oxygen atoms in total. The van der Waals surface area contributed by atoms with Gasteiger partial charge in [0.25, 0.3) is 0 Å². The van der Waals surface area contributed by atoms with Crippen molar-refractivity contribution in [2.24, 2.45) is 17.8 Å². The van der Waals surface area contributed by atoms with Crippen LogP contribution < -0.4 is 0 Å². The summed E-state index contributed by atoms with van der Waals surface area (Å²) in [6.07, 6.45) is 1.97. The third-order valence-corrected chi connectivity index (χ3v) is 5.10. The van der Waals surface area contributed by atoms with Gasteiger partial charge < -0.3 is 14.9 Å². The van der Waals surface area contributed by atoms with Crippen molar-refractivity contribution in [1.82, 2.24) is 0 Å². The van der Waals surface area contributed by atoms with Gasteiger partial charge in [0.15, 0.2) is 0 Å². The van der Waals surface area contributed by atoms with Crippen molar-refractivity contribution in [2.45, 2.75) is 44.5 Å². The maximum Gasteiger partial charge on any atom is 0.334 e. The Balaban J connectivity index is 2.06. The second kappa shape index (κ2) is 3.93. The highest BCUT2D eigenvalue weighted by atomic mass is 16.6. The molecule has 3 aliphatic rings. The molecule has 0 aromatic carbocycles. The molecule has 1 saturated heterocycles. The SMILES string of the molecule is C=C1C(=O)O[C@@H]2C3C(C)=CC[C@H]3[C@](C)(O)C[C@H](O)[C@@H]12. The summed E-state index contributed by atoms with van der Waals surface area (Å²) in [7, 11) is 0. The van der Waals surface area contributed by atoms with Gasteiger partial charge in [-0.1, -0.05) is 18.2 Å². The quantitative estimate of drug-likeness (QED) is 0.392. The molecular formula is C15H20O4. The molecule has 1 aliphatic heterocycles. The summed E-state index contributed by atoms with van der Waals surface area (Å²) in [6.45, 7) is 7.54. The lowest BCUT2D eigenvalue weighted by molar-refractivity contribution is -0.142. The normalized spacial score (nSPS) is 49.3. The number of ether oxygens (including phenoxy) is 1. The van der Waals surface area contributed by atoms with Gasteiger partial charge in [-0.25, -0.2) is 4.79 Å². The van der Waals surface area contributed by atoms with E-state index in [9.17, 15) is 15.0 Å². The molecule has 3 rings (SSSR count). The molecule has 4 heteroatoms. The number of hydrogen-bond acceptors (Lipinski definition) is 4. The lowest BCUT2D eigenvalue weighted by atomic mass is 9.76. The summed E-state index contributed by atoms with van der Waals surface area (Å²) < 4.78 is 5.46. The summed E-state index contributed by atoms with van der Waals surface area (Å²) in [5, 5.41) is 21.0. The average Bonchev–Trinajstić information content (AvgIpc) is 2.78. The summed E-state index contributed by atoms with van der Waals surface area (Å²) in [6, 6.07) is 0. The lowest BCUT2D eigenvalue weighted by Crippen LogP contribution is -2.40. The van der Waals surface area contributed by atoms with Crippen LogP contribution in [0, 0.1) is 17.8 Å². The number of carbonyl (C=O) groups is 1. The zero-order valence-corrected chi connectivity index (χ0v) is 11.3. The molecule has 0 aromatic heterocycles. The van der Waals surface area contributed by atoms with E-state index in [1.807, 2.05) is 6.92 Å². The molecule has 1 heterocycles. The average molecular weight is 264 g/mol. The maximum absolute atomic E-state index is 11.7. The Labute approximate surface area is 112 Å². The molecule has 0 bridgehead atoms. The van der Waals surface area contributed by atoms with Crippen LogP contribution >= 0.6 is 0 Å². The van der Waals surface area contributed by atoms with Crippen molar-refractivity contribution in [2.75, 3.05) is 0 Å². The minimum absolute atomic E-state index is 0.00384. The largest absolute Gasteiger partial charge is 0.458 e. The smallest absolute Gasteiger partial charge is 0.334 e. The van der Waals surface area contributed by atoms with Crippen LogP contribution in [0.4, 0.5) is 0 Å². The molecule has 2 fully saturated rings. The van der Waals surface area contributed by atoms with E-state index in [2.05, 4.69) is 12.7 Å². The molecule has 1 unspecified atom stereocenters. The third-order valence-electron chi connectivity index (χ3n) is 5.10. The highest BCUT2D eigenvalue weighted by Gasteiger charge is 2.57. The number of hydrogen-bond donors (Lipinski definition) is 2. The van der Waals surface area contributed by atoms with Crippen LogP contribution in [0.5, 0.6) is 0 Å². The van der Waals surface area contributed by atoms with Crippen molar-refractivity contribution < 1.29 is 19.7 Å². The summed E-state index contributed by atoms with van der Waals surface area (Å²) >= 11 is 0. The fourth-order valence-electron chi connectivity index (χ4n) is 4.10. The number of aliphatic hydroxyl groups is 2. The molecule has 0 spiro atoms. The number of rotatable bonds is 0. The molecule has 0 radical (unpaired) electrons. The van der Waals surface area contributed by atoms with Gasteiger partial charge in [0.2, 0.25) is 0 Å². The third kappa shape index (κ3) is 1.70. The van der Waals surface area contributed by atoms with Crippen LogP contribution in [-0.4, -0.2) is 34.0 Å². The Morgan fingerprint density at radius 2 is 2.16 bits per heavy atom. The molecule has 1 saturated carbocycles. The number of esters is 1. The molecule has 2 N–H and O–H groups in total. The zero-order chi connectivity index (χ0) is 13.9. The Bertz CT molecular complexity index is 477. The van der Waals surface area contributed by atoms with E-state index in [1.165, 1.54) is 0 Å². The number of carbonyl (C=O) groups excluding carboxylic acids is 1. The van der Waals surface area contributed by atoms with Crippen LogP contribution in [0.25, 0.3) is 0 Å². The topological polar surface area (TPSA) is 66.8 Å². The van der Waals surface area contributed by atoms with Gasteiger partial charge in [0, 0.05) is 23.8 Å². The molecule has 0 amide bonds. The van der Waals surface area contributed by atoms with E-state index in [-0.39, 0.29) is 24.4 Å². The second-order valence-corrected chi connectivity index (χ2v) is 6.37. The van der Waals surface area contributed by atoms with E-state index in [0.717, 1.165) is 12.0 Å². The van der Waals surface area contributed by atoms with Gasteiger partial charge in [0.05, 0.1) is 17.6 Å². The van der Waals surface area contributed by atoms with Gasteiger partial charge in [0.1, 0.15) is 6.10 Å². The Morgan fingerprint density at radius 3 is 2.84 bits per heavy atom. The van der Waals surface area contributed by atoms with Crippen molar-refractivity contribution in [3.8, 4) is 0 Å². The van der Waals surface area contributed by atoms with Crippen LogP contribution in [0.2, 0.25) is 0 Å². The lowest BCUT2D eigenvalue weighted by Gasteiger charge is -2.34. The predicted molar refractivity (Wildman–Crippen MR) is 69.1 cm³/mol. The van der Waals surface area contributed by atoms with E-state index in [1.54, 1.807) is 6.92 Å². The minimum atomic E-state index is -0.949. The Hall–Kier alpha value is -1.13. The Morgan fingerprint density at radius 1 is 1.47 bits per heavy atom. The first-order chi connectivity index (χ1) is 8.83. The van der Waals surface area contributed by atoms with Gasteiger partial charge in [-0.2, -0.15) is 0 Å². The van der Waals surface area contributed by atoms with Crippen molar-refractivity contribution in [3.63, 3.8) is 0 Å². The van der Waals surface area contributed by atoms with Crippen LogP contribution in [0.3, 0.4) is 0 Å².